The van der Waals surface area contributed by atoms with E-state index in [-0.39, 0.29) is 21.9 Å². The summed E-state index contributed by atoms with van der Waals surface area (Å²) in [6.07, 6.45) is 0.652. The minimum absolute atomic E-state index is 0.00991. The minimum Gasteiger partial charge on any atom is -0.309 e. The molecule has 0 spiro atoms. The lowest BCUT2D eigenvalue weighted by Gasteiger charge is -2.21. The van der Waals surface area contributed by atoms with Gasteiger partial charge < -0.3 is 4.90 Å². The molecule has 1 heterocycles. The molecule has 1 aromatic carbocycles. The molecule has 1 aromatic rings. The Kier molecular flexibility index (Phi) is 3.12. The highest BCUT2D eigenvalue weighted by molar-refractivity contribution is 7.89. The van der Waals surface area contributed by atoms with Crippen molar-refractivity contribution in [2.75, 3.05) is 4.90 Å². The van der Waals surface area contributed by atoms with Gasteiger partial charge in [0.1, 0.15) is 4.90 Å². The molecule has 2 N–H and O–H groups in total. The number of primary sulfonamides is 1. The second-order valence-corrected chi connectivity index (χ2v) is 6.34. The van der Waals surface area contributed by atoms with Crippen molar-refractivity contribution in [1.29, 1.82) is 0 Å². The van der Waals surface area contributed by atoms with Crippen molar-refractivity contribution < 1.29 is 13.2 Å². The van der Waals surface area contributed by atoms with Crippen LogP contribution in [-0.2, 0) is 21.2 Å². The Balaban J connectivity index is 2.66. The number of carbonyl (C=O) groups is 1. The summed E-state index contributed by atoms with van der Waals surface area (Å²) in [6.45, 7) is 3.34. The molecule has 18 heavy (non-hydrogen) atoms. The third-order valence-electron chi connectivity index (χ3n) is 2.99. The van der Waals surface area contributed by atoms with Crippen LogP contribution in [0, 0.1) is 0 Å². The molecule has 7 heteroatoms. The van der Waals surface area contributed by atoms with Gasteiger partial charge in [-0.05, 0) is 31.0 Å². The van der Waals surface area contributed by atoms with Crippen molar-refractivity contribution in [1.82, 2.24) is 0 Å². The van der Waals surface area contributed by atoms with E-state index in [0.29, 0.717) is 12.1 Å². The lowest BCUT2D eigenvalue weighted by Crippen LogP contribution is -2.33. The van der Waals surface area contributed by atoms with Crippen molar-refractivity contribution in [3.8, 4) is 0 Å². The second kappa shape index (κ2) is 4.22. The van der Waals surface area contributed by atoms with Crippen LogP contribution in [0.25, 0.3) is 0 Å². The fraction of sp³-hybridized carbons (Fsp3) is 0.364. The molecule has 0 radical (unpaired) electrons. The number of nitrogens with two attached hydrogens (primary N) is 1. The fourth-order valence-electron chi connectivity index (χ4n) is 2.32. The predicted octanol–water partition coefficient (Wildman–Crippen LogP) is 1.28. The Morgan fingerprint density at radius 3 is 2.61 bits per heavy atom. The first-order valence-corrected chi connectivity index (χ1v) is 7.29. The number of benzene rings is 1. The first-order chi connectivity index (χ1) is 8.21. The molecular formula is C11H13ClN2O3S. The minimum atomic E-state index is -3.89. The van der Waals surface area contributed by atoms with E-state index in [2.05, 4.69) is 0 Å². The van der Waals surface area contributed by atoms with Crippen molar-refractivity contribution in [2.45, 2.75) is 31.2 Å². The number of hydrogen-bond donors (Lipinski definition) is 1. The van der Waals surface area contributed by atoms with Crippen LogP contribution in [0.1, 0.15) is 19.4 Å². The lowest BCUT2D eigenvalue weighted by atomic mass is 10.1. The topological polar surface area (TPSA) is 80.5 Å². The zero-order valence-electron chi connectivity index (χ0n) is 9.97. The second-order valence-electron chi connectivity index (χ2n) is 4.40. The maximum atomic E-state index is 11.6. The molecule has 0 fully saturated rings. The van der Waals surface area contributed by atoms with Gasteiger partial charge in [-0.25, -0.2) is 13.6 Å². The van der Waals surface area contributed by atoms with Gasteiger partial charge in [-0.1, -0.05) is 11.6 Å². The van der Waals surface area contributed by atoms with Crippen molar-refractivity contribution >= 4 is 33.2 Å². The SMILES string of the molecule is CC(=O)N1c2cc(S(N)(=O)=O)c(Cl)cc2CC1C. The number of sulfonamides is 1. The molecule has 1 amide bonds. The number of rotatable bonds is 1. The molecule has 0 aliphatic carbocycles. The van der Waals surface area contributed by atoms with E-state index in [0.717, 1.165) is 5.56 Å². The summed E-state index contributed by atoms with van der Waals surface area (Å²) in [5, 5.41) is 5.18. The molecule has 1 aliphatic rings. The standard InChI is InChI=1S/C11H13ClN2O3S/c1-6-3-8-4-9(12)11(18(13,16)17)5-10(8)14(6)7(2)15/h4-6H,3H2,1-2H3,(H2,13,16,17). The van der Waals surface area contributed by atoms with Crippen LogP contribution < -0.4 is 10.0 Å². The van der Waals surface area contributed by atoms with E-state index in [1.54, 1.807) is 11.0 Å². The van der Waals surface area contributed by atoms with E-state index in [1.165, 1.54) is 13.0 Å². The molecule has 1 aliphatic heterocycles. The van der Waals surface area contributed by atoms with Crippen LogP contribution in [0.3, 0.4) is 0 Å². The molecule has 5 nitrogen and oxygen atoms in total. The summed E-state index contributed by atoms with van der Waals surface area (Å²) < 4.78 is 22.8. The zero-order valence-corrected chi connectivity index (χ0v) is 11.5. The summed E-state index contributed by atoms with van der Waals surface area (Å²) in [4.78, 5) is 13.0. The van der Waals surface area contributed by atoms with Crippen molar-refractivity contribution in [2.24, 2.45) is 5.14 Å². The molecule has 98 valence electrons. The molecule has 2 rings (SSSR count). The summed E-state index contributed by atoms with van der Waals surface area (Å²) in [7, 11) is -3.89. The van der Waals surface area contributed by atoms with Crippen molar-refractivity contribution in [3.63, 3.8) is 0 Å². The van der Waals surface area contributed by atoms with Gasteiger partial charge in [0.25, 0.3) is 0 Å². The smallest absolute Gasteiger partial charge is 0.239 e. The Labute approximate surface area is 111 Å². The van der Waals surface area contributed by atoms with Crippen LogP contribution in [0.5, 0.6) is 0 Å². The van der Waals surface area contributed by atoms with Crippen LogP contribution in [-0.4, -0.2) is 20.4 Å². The third-order valence-corrected chi connectivity index (χ3v) is 4.37. The number of nitrogens with zero attached hydrogens (tertiary/aromatic N) is 1. The maximum Gasteiger partial charge on any atom is 0.239 e. The van der Waals surface area contributed by atoms with Crippen LogP contribution >= 0.6 is 11.6 Å². The predicted molar refractivity (Wildman–Crippen MR) is 69.2 cm³/mol. The van der Waals surface area contributed by atoms with Gasteiger partial charge in [-0.2, -0.15) is 0 Å². The monoisotopic (exact) mass is 288 g/mol. The highest BCUT2D eigenvalue weighted by atomic mass is 35.5. The molecule has 1 unspecified atom stereocenters. The van der Waals surface area contributed by atoms with Crippen LogP contribution in [0.2, 0.25) is 5.02 Å². The van der Waals surface area contributed by atoms with E-state index in [4.69, 9.17) is 16.7 Å². The summed E-state index contributed by atoms with van der Waals surface area (Å²) >= 11 is 5.90. The highest BCUT2D eigenvalue weighted by Gasteiger charge is 2.31. The average Bonchev–Trinajstić information content (AvgIpc) is 2.49. The number of anilines is 1. The Morgan fingerprint density at radius 1 is 1.50 bits per heavy atom. The number of amides is 1. The normalized spacial score (nSPS) is 18.9. The van der Waals surface area contributed by atoms with E-state index < -0.39 is 10.0 Å². The number of halogens is 1. The zero-order chi connectivity index (χ0) is 13.7. The first kappa shape index (κ1) is 13.3. The largest absolute Gasteiger partial charge is 0.309 e. The third kappa shape index (κ3) is 2.11. The van der Waals surface area contributed by atoms with E-state index >= 15 is 0 Å². The number of fused-ring (bicyclic) bond motifs is 1. The van der Waals surface area contributed by atoms with Crippen LogP contribution in [0.15, 0.2) is 17.0 Å². The molecule has 0 bridgehead atoms. The Bertz CT molecular complexity index is 627. The van der Waals surface area contributed by atoms with Gasteiger partial charge in [0.05, 0.1) is 5.02 Å². The van der Waals surface area contributed by atoms with Gasteiger partial charge in [-0.3, -0.25) is 4.79 Å². The van der Waals surface area contributed by atoms with E-state index in [9.17, 15) is 13.2 Å². The summed E-state index contributed by atoms with van der Waals surface area (Å²) in [5.41, 5.74) is 1.43. The Hall–Kier alpha value is -1.11. The summed E-state index contributed by atoms with van der Waals surface area (Å²) in [6, 6.07) is 2.93. The van der Waals surface area contributed by atoms with Gasteiger partial charge in [0.15, 0.2) is 0 Å². The quantitative estimate of drug-likeness (QED) is 0.845. The lowest BCUT2D eigenvalue weighted by molar-refractivity contribution is -0.116. The first-order valence-electron chi connectivity index (χ1n) is 5.37. The molecule has 0 saturated carbocycles. The molecule has 0 saturated heterocycles. The van der Waals surface area contributed by atoms with E-state index in [1.807, 2.05) is 6.92 Å². The fourth-order valence-corrected chi connectivity index (χ4v) is 3.43. The summed E-state index contributed by atoms with van der Waals surface area (Å²) in [5.74, 6) is -0.135. The molecule has 1 atom stereocenters. The molecular weight excluding hydrogens is 276 g/mol. The van der Waals surface area contributed by atoms with Gasteiger partial charge in [0.2, 0.25) is 15.9 Å². The van der Waals surface area contributed by atoms with Gasteiger partial charge >= 0.3 is 0 Å². The van der Waals surface area contributed by atoms with Crippen molar-refractivity contribution in [3.05, 3.63) is 22.7 Å². The van der Waals surface area contributed by atoms with Gasteiger partial charge in [-0.15, -0.1) is 0 Å². The molecule has 0 aromatic heterocycles. The average molecular weight is 289 g/mol. The van der Waals surface area contributed by atoms with Crippen LogP contribution in [0.4, 0.5) is 5.69 Å². The maximum absolute atomic E-state index is 11.6. The number of carbonyl (C=O) groups excluding carboxylic acids is 1. The Morgan fingerprint density at radius 2 is 2.11 bits per heavy atom. The number of hydrogen-bond acceptors (Lipinski definition) is 3. The highest BCUT2D eigenvalue weighted by Crippen LogP contribution is 2.37. The van der Waals surface area contributed by atoms with Gasteiger partial charge in [0, 0.05) is 18.7 Å².